The van der Waals surface area contributed by atoms with Crippen molar-refractivity contribution in [3.63, 3.8) is 0 Å². The van der Waals surface area contributed by atoms with E-state index in [0.717, 1.165) is 17.4 Å². The van der Waals surface area contributed by atoms with E-state index in [0.29, 0.717) is 0 Å². The van der Waals surface area contributed by atoms with Crippen molar-refractivity contribution in [3.8, 4) is 5.75 Å². The lowest BCUT2D eigenvalue weighted by atomic mass is 10.2. The van der Waals surface area contributed by atoms with Crippen molar-refractivity contribution in [2.24, 2.45) is 0 Å². The van der Waals surface area contributed by atoms with Gasteiger partial charge in [0.15, 0.2) is 0 Å². The van der Waals surface area contributed by atoms with Crippen molar-refractivity contribution in [3.05, 3.63) is 38.5 Å². The van der Waals surface area contributed by atoms with Crippen LogP contribution >= 0.6 is 34.5 Å². The van der Waals surface area contributed by atoms with Crippen molar-refractivity contribution >= 4 is 56.2 Å². The molecule has 7 nitrogen and oxygen atoms in total. The molecule has 0 aliphatic rings. The number of aromatic hydroxyl groups is 1. The highest BCUT2D eigenvalue weighted by Crippen LogP contribution is 2.35. The Morgan fingerprint density at radius 1 is 1.28 bits per heavy atom. The van der Waals surface area contributed by atoms with Crippen LogP contribution < -0.4 is 4.72 Å². The summed E-state index contributed by atoms with van der Waals surface area (Å²) in [6.07, 6.45) is 0. The van der Waals surface area contributed by atoms with E-state index in [9.17, 15) is 18.3 Å². The number of carbonyl (C=O) groups is 1. The maximum absolute atomic E-state index is 12.3. The first-order valence-electron chi connectivity index (χ1n) is 6.71. The van der Waals surface area contributed by atoms with Crippen LogP contribution in [0.3, 0.4) is 0 Å². The van der Waals surface area contributed by atoms with Gasteiger partial charge in [0.1, 0.15) is 27.2 Å². The summed E-state index contributed by atoms with van der Waals surface area (Å²) in [5.41, 5.74) is -0.0556. The fourth-order valence-electron chi connectivity index (χ4n) is 1.78. The molecular formula is C14H13Cl2NO6S2. The van der Waals surface area contributed by atoms with Gasteiger partial charge >= 0.3 is 5.97 Å². The lowest BCUT2D eigenvalue weighted by Crippen LogP contribution is -2.13. The Balaban J connectivity index is 2.17. The van der Waals surface area contributed by atoms with E-state index in [4.69, 9.17) is 32.7 Å². The highest BCUT2D eigenvalue weighted by atomic mass is 35.5. The zero-order valence-corrected chi connectivity index (χ0v) is 15.9. The van der Waals surface area contributed by atoms with Crippen molar-refractivity contribution in [2.75, 3.05) is 25.0 Å². The molecule has 0 fully saturated rings. The molecule has 0 aliphatic heterocycles. The summed E-state index contributed by atoms with van der Waals surface area (Å²) < 4.78 is 36.7. The Hall–Kier alpha value is -1.52. The van der Waals surface area contributed by atoms with Crippen molar-refractivity contribution < 1.29 is 27.8 Å². The number of thiophene rings is 1. The van der Waals surface area contributed by atoms with Gasteiger partial charge in [-0.2, -0.15) is 0 Å². The van der Waals surface area contributed by atoms with Gasteiger partial charge in [0.2, 0.25) is 0 Å². The largest absolute Gasteiger partial charge is 0.507 e. The molecule has 2 N–H and O–H groups in total. The third-order valence-corrected chi connectivity index (χ3v) is 6.04. The molecule has 2 aromatic rings. The molecule has 1 aromatic carbocycles. The minimum Gasteiger partial charge on any atom is -0.507 e. The molecule has 11 heteroatoms. The fourth-order valence-corrected chi connectivity index (χ4v) is 4.98. The Labute approximate surface area is 158 Å². The average molecular weight is 426 g/mol. The Bertz CT molecular complexity index is 881. The Morgan fingerprint density at radius 2 is 2.00 bits per heavy atom. The lowest BCUT2D eigenvalue weighted by Gasteiger charge is -2.10. The monoisotopic (exact) mass is 425 g/mol. The van der Waals surface area contributed by atoms with Crippen LogP contribution in [0.5, 0.6) is 5.75 Å². The van der Waals surface area contributed by atoms with E-state index in [-0.39, 0.29) is 38.0 Å². The highest BCUT2D eigenvalue weighted by Gasteiger charge is 2.22. The van der Waals surface area contributed by atoms with Gasteiger partial charge in [0, 0.05) is 13.2 Å². The second kappa shape index (κ2) is 8.24. The molecule has 0 saturated heterocycles. The molecule has 1 aromatic heterocycles. The van der Waals surface area contributed by atoms with E-state index in [1.807, 2.05) is 0 Å². The maximum Gasteiger partial charge on any atom is 0.341 e. The number of esters is 1. The number of benzene rings is 1. The van der Waals surface area contributed by atoms with Crippen LogP contribution in [0.25, 0.3) is 0 Å². The maximum atomic E-state index is 12.3. The Morgan fingerprint density at radius 3 is 2.56 bits per heavy atom. The summed E-state index contributed by atoms with van der Waals surface area (Å²) in [7, 11) is -2.53. The topological polar surface area (TPSA) is 102 Å². The molecule has 0 radical (unpaired) electrons. The van der Waals surface area contributed by atoms with Crippen LogP contribution in [-0.2, 0) is 19.5 Å². The van der Waals surface area contributed by atoms with E-state index in [1.54, 1.807) is 0 Å². The van der Waals surface area contributed by atoms with Crippen molar-refractivity contribution in [1.82, 2.24) is 0 Å². The first kappa shape index (κ1) is 19.8. The predicted molar refractivity (Wildman–Crippen MR) is 95.4 cm³/mol. The molecule has 1 heterocycles. The molecule has 136 valence electrons. The van der Waals surface area contributed by atoms with Gasteiger partial charge in [0.25, 0.3) is 10.0 Å². The third-order valence-electron chi connectivity index (χ3n) is 2.91. The number of sulfonamides is 1. The number of methoxy groups -OCH3 is 1. The molecule has 0 saturated carbocycles. The minimum absolute atomic E-state index is 0.0139. The van der Waals surface area contributed by atoms with Crippen LogP contribution in [0.15, 0.2) is 29.2 Å². The third kappa shape index (κ3) is 4.99. The number of anilines is 1. The summed E-state index contributed by atoms with van der Waals surface area (Å²) in [6, 6.07) is 4.86. The molecule has 0 atom stereocenters. The normalized spacial score (nSPS) is 11.3. The summed E-state index contributed by atoms with van der Waals surface area (Å²) in [5, 5.41) is 9.93. The molecule has 25 heavy (non-hydrogen) atoms. The van der Waals surface area contributed by atoms with Gasteiger partial charge in [-0.15, -0.1) is 11.3 Å². The second-order valence-electron chi connectivity index (χ2n) is 4.65. The number of hydrogen-bond donors (Lipinski definition) is 2. The van der Waals surface area contributed by atoms with Gasteiger partial charge in [-0.1, -0.05) is 23.2 Å². The number of carbonyl (C=O) groups excluding carboxylic acids is 1. The number of ether oxygens (including phenoxy) is 2. The first-order chi connectivity index (χ1) is 11.7. The molecule has 0 spiro atoms. The van der Waals surface area contributed by atoms with Gasteiger partial charge in [-0.05, 0) is 18.2 Å². The Kier molecular flexibility index (Phi) is 6.53. The molecular weight excluding hydrogens is 413 g/mol. The van der Waals surface area contributed by atoms with Gasteiger partial charge in [0.05, 0.1) is 16.6 Å². The molecule has 0 amide bonds. The molecule has 2 rings (SSSR count). The zero-order valence-electron chi connectivity index (χ0n) is 12.8. The van der Waals surface area contributed by atoms with Crippen LogP contribution in [0, 0.1) is 0 Å². The highest BCUT2D eigenvalue weighted by molar-refractivity contribution is 7.93. The van der Waals surface area contributed by atoms with E-state index in [2.05, 4.69) is 4.72 Å². The predicted octanol–water partition coefficient (Wildman–Crippen LogP) is 3.36. The van der Waals surface area contributed by atoms with Gasteiger partial charge in [-0.3, -0.25) is 4.72 Å². The van der Waals surface area contributed by atoms with Gasteiger partial charge in [-0.25, -0.2) is 13.2 Å². The average Bonchev–Trinajstić information content (AvgIpc) is 2.86. The first-order valence-corrected chi connectivity index (χ1v) is 9.77. The number of phenolic OH excluding ortho intramolecular Hbond substituents is 1. The fraction of sp³-hybridized carbons (Fsp3) is 0.214. The zero-order chi connectivity index (χ0) is 18.6. The minimum atomic E-state index is -3.99. The molecule has 0 aliphatic carbocycles. The number of hydrogen-bond acceptors (Lipinski definition) is 7. The van der Waals surface area contributed by atoms with Crippen LogP contribution in [0.2, 0.25) is 8.67 Å². The quantitative estimate of drug-likeness (QED) is 0.520. The van der Waals surface area contributed by atoms with E-state index >= 15 is 0 Å². The van der Waals surface area contributed by atoms with Crippen LogP contribution in [-0.4, -0.2) is 39.8 Å². The number of phenols is 1. The smallest absolute Gasteiger partial charge is 0.341 e. The lowest BCUT2D eigenvalue weighted by molar-refractivity contribution is 0.0385. The summed E-state index contributed by atoms with van der Waals surface area (Å²) >= 11 is 12.5. The number of rotatable bonds is 7. The summed E-state index contributed by atoms with van der Waals surface area (Å²) in [5.74, 6) is -1.19. The standard InChI is InChI=1S/C14H13Cl2NO6S2/c1-22-4-5-23-14(19)9-3-2-8(6-10(9)18)17-25(20,21)11-7-12(15)24-13(11)16/h2-3,6-7,17-18H,4-5H2,1H3. The van der Waals surface area contributed by atoms with Crippen molar-refractivity contribution in [1.29, 1.82) is 0 Å². The summed E-state index contributed by atoms with van der Waals surface area (Å²) in [6.45, 7) is 0.245. The number of nitrogens with one attached hydrogen (secondary N) is 1. The van der Waals surface area contributed by atoms with Crippen LogP contribution in [0.4, 0.5) is 5.69 Å². The van der Waals surface area contributed by atoms with Crippen LogP contribution in [0.1, 0.15) is 10.4 Å². The molecule has 0 unspecified atom stereocenters. The van der Waals surface area contributed by atoms with Crippen molar-refractivity contribution in [2.45, 2.75) is 4.90 Å². The van der Waals surface area contributed by atoms with Gasteiger partial charge < -0.3 is 14.6 Å². The summed E-state index contributed by atoms with van der Waals surface area (Å²) in [4.78, 5) is 11.6. The second-order valence-corrected chi connectivity index (χ2v) is 8.59. The van der Waals surface area contributed by atoms with E-state index in [1.165, 1.54) is 25.3 Å². The SMILES string of the molecule is COCCOC(=O)c1ccc(NS(=O)(=O)c2cc(Cl)sc2Cl)cc1O. The van der Waals surface area contributed by atoms with E-state index < -0.39 is 21.7 Å². The molecule has 0 bridgehead atoms. The number of halogens is 2.